The van der Waals surface area contributed by atoms with Crippen molar-refractivity contribution >= 4 is 17.4 Å². The van der Waals surface area contributed by atoms with Gasteiger partial charge in [-0.15, -0.1) is 0 Å². The first-order valence-corrected chi connectivity index (χ1v) is 8.43. The molecule has 2 aromatic heterocycles. The first-order valence-electron chi connectivity index (χ1n) is 8.43. The zero-order valence-corrected chi connectivity index (χ0v) is 13.8. The molecule has 6 nitrogen and oxygen atoms in total. The van der Waals surface area contributed by atoms with Gasteiger partial charge in [0, 0.05) is 31.7 Å². The van der Waals surface area contributed by atoms with Gasteiger partial charge in [0.15, 0.2) is 0 Å². The van der Waals surface area contributed by atoms with E-state index >= 15 is 0 Å². The number of nitrogens with one attached hydrogen (secondary N) is 1. The Hall–Kier alpha value is -3.15. The largest absolute Gasteiger partial charge is 0.357 e. The van der Waals surface area contributed by atoms with Crippen molar-refractivity contribution in [1.82, 2.24) is 14.8 Å². The standard InChI is InChI=1S/C19H19N5O/c25-19(15-8-9-18(20-14-15)23-11-3-4-12-23)22-16-6-1-2-7-17(16)24-13-5-10-21-24/h1-2,5-10,13-14H,3-4,11-12H2,(H,22,25). The van der Waals surface area contributed by atoms with Gasteiger partial charge >= 0.3 is 0 Å². The number of pyridine rings is 1. The van der Waals surface area contributed by atoms with Crippen LogP contribution in [-0.4, -0.2) is 33.8 Å². The molecule has 0 unspecified atom stereocenters. The van der Waals surface area contributed by atoms with E-state index in [9.17, 15) is 4.79 Å². The minimum absolute atomic E-state index is 0.180. The Morgan fingerprint density at radius 1 is 1.04 bits per heavy atom. The van der Waals surface area contributed by atoms with Gasteiger partial charge < -0.3 is 10.2 Å². The summed E-state index contributed by atoms with van der Waals surface area (Å²) in [4.78, 5) is 19.3. The van der Waals surface area contributed by atoms with Crippen LogP contribution >= 0.6 is 0 Å². The van der Waals surface area contributed by atoms with E-state index in [1.165, 1.54) is 12.8 Å². The Labute approximate surface area is 146 Å². The molecule has 0 spiro atoms. The van der Waals surface area contributed by atoms with E-state index in [0.717, 1.165) is 24.6 Å². The lowest BCUT2D eigenvalue weighted by Crippen LogP contribution is -2.19. The third-order valence-corrected chi connectivity index (χ3v) is 4.34. The molecule has 1 aromatic carbocycles. The molecule has 6 heteroatoms. The highest BCUT2D eigenvalue weighted by molar-refractivity contribution is 6.05. The molecule has 3 aromatic rings. The topological polar surface area (TPSA) is 63.1 Å². The highest BCUT2D eigenvalue weighted by atomic mass is 16.1. The molecular weight excluding hydrogens is 314 g/mol. The summed E-state index contributed by atoms with van der Waals surface area (Å²) < 4.78 is 1.73. The molecular formula is C19H19N5O. The summed E-state index contributed by atoms with van der Waals surface area (Å²) in [6, 6.07) is 13.2. The summed E-state index contributed by atoms with van der Waals surface area (Å²) in [5.74, 6) is 0.756. The Kier molecular flexibility index (Phi) is 4.16. The van der Waals surface area contributed by atoms with Crippen LogP contribution < -0.4 is 10.2 Å². The predicted molar refractivity (Wildman–Crippen MR) is 97.2 cm³/mol. The van der Waals surface area contributed by atoms with Crippen LogP contribution in [-0.2, 0) is 0 Å². The van der Waals surface area contributed by atoms with E-state index in [0.29, 0.717) is 11.3 Å². The van der Waals surface area contributed by atoms with Gasteiger partial charge in [0.2, 0.25) is 0 Å². The molecule has 0 saturated carbocycles. The molecule has 25 heavy (non-hydrogen) atoms. The van der Waals surface area contributed by atoms with E-state index in [2.05, 4.69) is 20.3 Å². The number of hydrogen-bond donors (Lipinski definition) is 1. The van der Waals surface area contributed by atoms with E-state index in [1.54, 1.807) is 17.1 Å². The Balaban J connectivity index is 1.53. The predicted octanol–water partition coefficient (Wildman–Crippen LogP) is 3.12. The third-order valence-electron chi connectivity index (χ3n) is 4.34. The van der Waals surface area contributed by atoms with Gasteiger partial charge in [-0.1, -0.05) is 12.1 Å². The summed E-state index contributed by atoms with van der Waals surface area (Å²) in [6.45, 7) is 2.07. The maximum atomic E-state index is 12.6. The number of rotatable bonds is 4. The molecule has 0 radical (unpaired) electrons. The second kappa shape index (κ2) is 6.76. The van der Waals surface area contributed by atoms with Gasteiger partial charge in [-0.05, 0) is 43.2 Å². The maximum absolute atomic E-state index is 12.6. The van der Waals surface area contributed by atoms with Crippen molar-refractivity contribution in [3.8, 4) is 5.69 Å². The third kappa shape index (κ3) is 3.24. The smallest absolute Gasteiger partial charge is 0.257 e. The fourth-order valence-electron chi connectivity index (χ4n) is 3.04. The van der Waals surface area contributed by atoms with Crippen LogP contribution in [0.25, 0.3) is 5.69 Å². The number of nitrogens with zero attached hydrogens (tertiary/aromatic N) is 4. The van der Waals surface area contributed by atoms with Crippen LogP contribution in [0.4, 0.5) is 11.5 Å². The van der Waals surface area contributed by atoms with E-state index in [-0.39, 0.29) is 5.91 Å². The number of anilines is 2. The highest BCUT2D eigenvalue weighted by Crippen LogP contribution is 2.21. The average molecular weight is 333 g/mol. The van der Waals surface area contributed by atoms with Crippen LogP contribution in [0.3, 0.4) is 0 Å². The minimum Gasteiger partial charge on any atom is -0.357 e. The lowest BCUT2D eigenvalue weighted by molar-refractivity contribution is 0.102. The van der Waals surface area contributed by atoms with Crippen molar-refractivity contribution < 1.29 is 4.79 Å². The Morgan fingerprint density at radius 3 is 2.60 bits per heavy atom. The molecule has 3 heterocycles. The van der Waals surface area contributed by atoms with E-state index < -0.39 is 0 Å². The van der Waals surface area contributed by atoms with Crippen LogP contribution in [0.15, 0.2) is 61.1 Å². The van der Waals surface area contributed by atoms with Crippen molar-refractivity contribution in [3.05, 3.63) is 66.6 Å². The number of carbonyl (C=O) groups excluding carboxylic acids is 1. The lowest BCUT2D eigenvalue weighted by Gasteiger charge is -2.16. The maximum Gasteiger partial charge on any atom is 0.257 e. The Bertz CT molecular complexity index is 852. The molecule has 1 N–H and O–H groups in total. The molecule has 1 saturated heterocycles. The zero-order valence-electron chi connectivity index (χ0n) is 13.8. The van der Waals surface area contributed by atoms with Gasteiger partial charge in [-0.3, -0.25) is 4.79 Å². The molecule has 0 aliphatic carbocycles. The normalized spacial score (nSPS) is 13.8. The number of carbonyl (C=O) groups is 1. The Morgan fingerprint density at radius 2 is 1.88 bits per heavy atom. The first kappa shape index (κ1) is 15.4. The summed E-state index contributed by atoms with van der Waals surface area (Å²) >= 11 is 0. The van der Waals surface area contributed by atoms with Crippen molar-refractivity contribution in [2.75, 3.05) is 23.3 Å². The second-order valence-electron chi connectivity index (χ2n) is 6.02. The molecule has 1 fully saturated rings. The van der Waals surface area contributed by atoms with Gasteiger partial charge in [0.25, 0.3) is 5.91 Å². The molecule has 1 aliphatic rings. The second-order valence-corrected chi connectivity index (χ2v) is 6.02. The zero-order chi connectivity index (χ0) is 17.1. The summed E-state index contributed by atoms with van der Waals surface area (Å²) in [6.07, 6.45) is 7.60. The van der Waals surface area contributed by atoms with Crippen LogP contribution in [0.1, 0.15) is 23.2 Å². The number of amides is 1. The SMILES string of the molecule is O=C(Nc1ccccc1-n1cccn1)c1ccc(N2CCCC2)nc1. The van der Waals surface area contributed by atoms with Gasteiger partial charge in [-0.25, -0.2) is 9.67 Å². The lowest BCUT2D eigenvalue weighted by atomic mass is 10.2. The van der Waals surface area contributed by atoms with E-state index in [4.69, 9.17) is 0 Å². The van der Waals surface area contributed by atoms with Crippen LogP contribution in [0.2, 0.25) is 0 Å². The summed E-state index contributed by atoms with van der Waals surface area (Å²) in [7, 11) is 0. The number of hydrogen-bond acceptors (Lipinski definition) is 4. The van der Waals surface area contributed by atoms with Gasteiger partial charge in [0.1, 0.15) is 5.82 Å². The molecule has 0 bridgehead atoms. The molecule has 1 aliphatic heterocycles. The summed E-state index contributed by atoms with van der Waals surface area (Å²) in [5, 5.41) is 7.18. The monoisotopic (exact) mass is 333 g/mol. The quantitative estimate of drug-likeness (QED) is 0.797. The van der Waals surface area contributed by atoms with Crippen molar-refractivity contribution in [3.63, 3.8) is 0 Å². The first-order chi connectivity index (χ1) is 12.3. The number of aromatic nitrogens is 3. The van der Waals surface area contributed by atoms with Crippen molar-refractivity contribution in [1.29, 1.82) is 0 Å². The molecule has 126 valence electrons. The van der Waals surface area contributed by atoms with Crippen LogP contribution in [0.5, 0.6) is 0 Å². The average Bonchev–Trinajstić information content (AvgIpc) is 3.36. The highest BCUT2D eigenvalue weighted by Gasteiger charge is 2.15. The number of para-hydroxylation sites is 2. The molecule has 1 amide bonds. The minimum atomic E-state index is -0.180. The van der Waals surface area contributed by atoms with Crippen molar-refractivity contribution in [2.24, 2.45) is 0 Å². The fourth-order valence-corrected chi connectivity index (χ4v) is 3.04. The van der Waals surface area contributed by atoms with Gasteiger partial charge in [0.05, 0.1) is 16.9 Å². The fraction of sp³-hybridized carbons (Fsp3) is 0.211. The summed E-state index contributed by atoms with van der Waals surface area (Å²) in [5.41, 5.74) is 2.07. The van der Waals surface area contributed by atoms with E-state index in [1.807, 2.05) is 48.7 Å². The molecule has 4 rings (SSSR count). The number of benzene rings is 1. The molecule has 0 atom stereocenters. The van der Waals surface area contributed by atoms with Crippen LogP contribution in [0, 0.1) is 0 Å². The van der Waals surface area contributed by atoms with Crippen molar-refractivity contribution in [2.45, 2.75) is 12.8 Å². The van der Waals surface area contributed by atoms with Gasteiger partial charge in [-0.2, -0.15) is 5.10 Å².